The van der Waals surface area contributed by atoms with Crippen LogP contribution in [0, 0.1) is 0 Å². The second-order valence-electron chi connectivity index (χ2n) is 5.32. The number of nitrogens with one attached hydrogen (secondary N) is 1. The smallest absolute Gasteiger partial charge is 0.250 e. The van der Waals surface area contributed by atoms with Crippen LogP contribution in [0.15, 0.2) is 53.5 Å². The lowest BCUT2D eigenvalue weighted by atomic mass is 10.2. The molecule has 3 aromatic heterocycles. The molecule has 0 radical (unpaired) electrons. The zero-order valence-electron chi connectivity index (χ0n) is 13.9. The van der Waals surface area contributed by atoms with Gasteiger partial charge in [-0.2, -0.15) is 9.61 Å². The van der Waals surface area contributed by atoms with Crippen molar-refractivity contribution < 1.29 is 4.79 Å². The monoisotopic (exact) mass is 395 g/mol. The fourth-order valence-electron chi connectivity index (χ4n) is 2.36. The molecule has 1 N–H and O–H groups in total. The van der Waals surface area contributed by atoms with Crippen molar-refractivity contribution in [2.75, 3.05) is 11.1 Å². The Kier molecular flexibility index (Phi) is 4.90. The highest BCUT2D eigenvalue weighted by molar-refractivity contribution is 8.01. The van der Waals surface area contributed by atoms with Crippen LogP contribution in [0.4, 0.5) is 5.13 Å². The van der Waals surface area contributed by atoms with Crippen LogP contribution in [0.3, 0.4) is 0 Å². The van der Waals surface area contributed by atoms with E-state index in [1.807, 2.05) is 24.3 Å². The molecule has 0 spiro atoms. The number of hydrogen-bond donors (Lipinski definition) is 1. The summed E-state index contributed by atoms with van der Waals surface area (Å²) < 4.78 is 2.37. The molecule has 0 bridgehead atoms. The van der Waals surface area contributed by atoms with E-state index in [9.17, 15) is 4.79 Å². The number of rotatable bonds is 6. The van der Waals surface area contributed by atoms with Gasteiger partial charge in [-0.1, -0.05) is 53.4 Å². The topological polar surface area (TPSA) is 98.0 Å². The third-order valence-corrected chi connectivity index (χ3v) is 5.49. The summed E-state index contributed by atoms with van der Waals surface area (Å²) in [4.78, 5) is 12.1. The maximum absolute atomic E-state index is 12.1. The largest absolute Gasteiger partial charge is 0.297 e. The van der Waals surface area contributed by atoms with Gasteiger partial charge in [0.1, 0.15) is 0 Å². The molecule has 10 heteroatoms. The van der Waals surface area contributed by atoms with E-state index in [-0.39, 0.29) is 5.91 Å². The first-order chi connectivity index (χ1) is 13.2. The van der Waals surface area contributed by atoms with Gasteiger partial charge < -0.3 is 0 Å². The maximum atomic E-state index is 12.1. The Bertz CT molecular complexity index is 1160. The Morgan fingerprint density at radius 1 is 1.26 bits per heavy atom. The second kappa shape index (κ2) is 7.64. The summed E-state index contributed by atoms with van der Waals surface area (Å²) >= 11 is 2.82. The van der Waals surface area contributed by atoms with Crippen LogP contribution in [0.2, 0.25) is 0 Å². The van der Waals surface area contributed by atoms with Gasteiger partial charge in [-0.15, -0.1) is 27.0 Å². The Hall–Kier alpha value is -3.11. The van der Waals surface area contributed by atoms with Crippen LogP contribution in [0.5, 0.6) is 0 Å². The summed E-state index contributed by atoms with van der Waals surface area (Å²) in [5.41, 5.74) is 0.640. The van der Waals surface area contributed by atoms with Crippen molar-refractivity contribution in [3.8, 4) is 0 Å². The summed E-state index contributed by atoms with van der Waals surface area (Å²) in [7, 11) is 0. The molecule has 1 aromatic carbocycles. The fraction of sp³-hybridized carbons (Fsp3) is 0.0588. The summed E-state index contributed by atoms with van der Waals surface area (Å²) in [6.45, 7) is 3.66. The van der Waals surface area contributed by atoms with Crippen molar-refractivity contribution in [3.05, 3.63) is 55.0 Å². The molecule has 0 saturated heterocycles. The molecule has 0 unspecified atom stereocenters. The van der Waals surface area contributed by atoms with Crippen molar-refractivity contribution in [1.82, 2.24) is 30.0 Å². The van der Waals surface area contributed by atoms with Crippen molar-refractivity contribution in [1.29, 1.82) is 0 Å². The van der Waals surface area contributed by atoms with Crippen LogP contribution in [-0.2, 0) is 4.79 Å². The molecule has 0 saturated carbocycles. The van der Waals surface area contributed by atoms with Gasteiger partial charge in [0, 0.05) is 22.6 Å². The minimum absolute atomic E-state index is 0.330. The molecular weight excluding hydrogens is 382 g/mol. The van der Waals surface area contributed by atoms with E-state index in [1.54, 1.807) is 22.9 Å². The molecule has 4 rings (SSSR count). The number of fused-ring (bicyclic) bond motifs is 3. The van der Waals surface area contributed by atoms with Crippen LogP contribution < -0.4 is 5.32 Å². The summed E-state index contributed by atoms with van der Waals surface area (Å²) in [6, 6.07) is 7.79. The van der Waals surface area contributed by atoms with E-state index >= 15 is 0 Å². The van der Waals surface area contributed by atoms with Crippen LogP contribution in [0.1, 0.15) is 5.82 Å². The molecule has 0 aliphatic carbocycles. The molecule has 0 atom stereocenters. The molecule has 8 nitrogen and oxygen atoms in total. The highest BCUT2D eigenvalue weighted by atomic mass is 32.2. The first kappa shape index (κ1) is 17.3. The molecule has 134 valence electrons. The van der Waals surface area contributed by atoms with Crippen LogP contribution in [0.25, 0.3) is 22.5 Å². The molecule has 1 amide bonds. The molecule has 0 aliphatic rings. The predicted molar refractivity (Wildman–Crippen MR) is 107 cm³/mol. The summed E-state index contributed by atoms with van der Waals surface area (Å²) in [6.07, 6.45) is 6.46. The Morgan fingerprint density at radius 3 is 3.04 bits per heavy atom. The third kappa shape index (κ3) is 3.71. The second-order valence-corrected chi connectivity index (χ2v) is 7.57. The highest BCUT2D eigenvalue weighted by Gasteiger charge is 2.09. The van der Waals surface area contributed by atoms with E-state index in [0.29, 0.717) is 16.6 Å². The SMILES string of the molecule is C=CCSc1nnc(NC(=O)/C=C/c2nnc3c4ccccc4cnn23)s1. The number of thioether (sulfide) groups is 1. The molecular formula is C17H13N7OS2. The standard InChI is InChI=1S/C17H13N7OS2/c1-2-9-26-17-23-22-16(27-17)19-14(25)8-7-13-20-21-15-12-6-4-3-5-11(12)10-18-24(13)15/h2-8,10H,1,9H2,(H,19,22,25)/b8-7+. The maximum Gasteiger partial charge on any atom is 0.250 e. The van der Waals surface area contributed by atoms with Crippen molar-refractivity contribution in [2.24, 2.45) is 0 Å². The number of nitrogens with zero attached hydrogens (tertiary/aromatic N) is 6. The first-order valence-electron chi connectivity index (χ1n) is 7.90. The van der Waals surface area contributed by atoms with Crippen LogP contribution >= 0.6 is 23.1 Å². The third-order valence-electron chi connectivity index (χ3n) is 3.52. The van der Waals surface area contributed by atoms with Gasteiger partial charge >= 0.3 is 0 Å². The molecule has 4 aromatic rings. The summed E-state index contributed by atoms with van der Waals surface area (Å²) in [5.74, 6) is 0.874. The molecule has 0 aliphatic heterocycles. The minimum Gasteiger partial charge on any atom is -0.297 e. The van der Waals surface area contributed by atoms with Gasteiger partial charge in [0.15, 0.2) is 15.8 Å². The number of amides is 1. The first-order valence-corrected chi connectivity index (χ1v) is 9.70. The average molecular weight is 395 g/mol. The van der Waals surface area contributed by atoms with E-state index in [0.717, 1.165) is 20.9 Å². The molecule has 0 fully saturated rings. The average Bonchev–Trinajstić information content (AvgIpc) is 3.31. The lowest BCUT2D eigenvalue weighted by Gasteiger charge is -1.98. The number of carbonyl (C=O) groups excluding carboxylic acids is 1. The van der Waals surface area contributed by atoms with E-state index in [1.165, 1.54) is 29.2 Å². The number of benzene rings is 1. The Balaban J connectivity index is 1.50. The number of aromatic nitrogens is 6. The van der Waals surface area contributed by atoms with Gasteiger partial charge in [-0.25, -0.2) is 0 Å². The van der Waals surface area contributed by atoms with Crippen LogP contribution in [-0.4, -0.2) is 41.7 Å². The fourth-order valence-corrected chi connectivity index (χ4v) is 3.87. The lowest BCUT2D eigenvalue weighted by molar-refractivity contribution is -0.111. The van der Waals surface area contributed by atoms with Crippen molar-refractivity contribution >= 4 is 56.6 Å². The highest BCUT2D eigenvalue weighted by Crippen LogP contribution is 2.25. The normalized spacial score (nSPS) is 11.4. The van der Waals surface area contributed by atoms with Crippen molar-refractivity contribution in [2.45, 2.75) is 4.34 Å². The Labute approximate surface area is 162 Å². The van der Waals surface area contributed by atoms with Gasteiger partial charge in [0.2, 0.25) is 11.0 Å². The quantitative estimate of drug-likeness (QED) is 0.232. The summed E-state index contributed by atoms with van der Waals surface area (Å²) in [5, 5.41) is 25.6. The van der Waals surface area contributed by atoms with Gasteiger partial charge in [-0.05, 0) is 6.08 Å². The zero-order chi connectivity index (χ0) is 18.6. The molecule has 3 heterocycles. The number of carbonyl (C=O) groups is 1. The van der Waals surface area contributed by atoms with Crippen molar-refractivity contribution in [3.63, 3.8) is 0 Å². The van der Waals surface area contributed by atoms with Gasteiger partial charge in [0.25, 0.3) is 0 Å². The lowest BCUT2D eigenvalue weighted by Crippen LogP contribution is -2.07. The Morgan fingerprint density at radius 2 is 2.15 bits per heavy atom. The number of anilines is 1. The van der Waals surface area contributed by atoms with Gasteiger partial charge in [-0.3, -0.25) is 10.1 Å². The predicted octanol–water partition coefficient (Wildman–Crippen LogP) is 3.06. The van der Waals surface area contributed by atoms with Gasteiger partial charge in [0.05, 0.1) is 6.20 Å². The minimum atomic E-state index is -0.330. The zero-order valence-corrected chi connectivity index (χ0v) is 15.6. The van der Waals surface area contributed by atoms with E-state index in [2.05, 4.69) is 37.4 Å². The van der Waals surface area contributed by atoms with E-state index in [4.69, 9.17) is 0 Å². The van der Waals surface area contributed by atoms with E-state index < -0.39 is 0 Å². The number of hydrogen-bond acceptors (Lipinski definition) is 8. The molecule has 27 heavy (non-hydrogen) atoms.